The van der Waals surface area contributed by atoms with Gasteiger partial charge in [0.05, 0.1) is 17.5 Å². The average molecular weight is 317 g/mol. The summed E-state index contributed by atoms with van der Waals surface area (Å²) in [6.45, 7) is 1.64. The Balaban J connectivity index is 1.71. The molecule has 3 amide bonds. The SMILES string of the molecule is Cc1occc1C(=O)Nc1cc(NC(=O)NC2CC2)ccc1F. The molecule has 0 spiro atoms. The largest absolute Gasteiger partial charge is 0.469 e. The second-order valence-corrected chi connectivity index (χ2v) is 5.41. The number of aryl methyl sites for hydroxylation is 1. The standard InChI is InChI=1S/C16H16FN3O3/c1-9-12(6-7-23-9)15(21)20-14-8-11(4-5-13(14)17)19-16(22)18-10-2-3-10/h4-8,10H,2-3H2,1H3,(H,20,21)(H2,18,19,22). The van der Waals surface area contributed by atoms with E-state index in [0.717, 1.165) is 12.8 Å². The highest BCUT2D eigenvalue weighted by atomic mass is 19.1. The van der Waals surface area contributed by atoms with Crippen LogP contribution >= 0.6 is 0 Å². The van der Waals surface area contributed by atoms with E-state index in [1.807, 2.05) is 0 Å². The van der Waals surface area contributed by atoms with Gasteiger partial charge in [0.25, 0.3) is 5.91 Å². The molecule has 1 saturated carbocycles. The van der Waals surface area contributed by atoms with Gasteiger partial charge in [0, 0.05) is 11.7 Å². The summed E-state index contributed by atoms with van der Waals surface area (Å²) in [5.74, 6) is -0.622. The molecular weight excluding hydrogens is 301 g/mol. The summed E-state index contributed by atoms with van der Waals surface area (Å²) in [5.41, 5.74) is 0.706. The van der Waals surface area contributed by atoms with Gasteiger partial charge in [0.15, 0.2) is 0 Å². The molecule has 1 aliphatic rings. The van der Waals surface area contributed by atoms with Crippen LogP contribution in [0.5, 0.6) is 0 Å². The molecule has 1 heterocycles. The van der Waals surface area contributed by atoms with Crippen molar-refractivity contribution in [2.45, 2.75) is 25.8 Å². The molecule has 1 aromatic carbocycles. The smallest absolute Gasteiger partial charge is 0.319 e. The highest BCUT2D eigenvalue weighted by Crippen LogP contribution is 2.22. The number of hydrogen-bond acceptors (Lipinski definition) is 3. The second kappa shape index (κ2) is 6.12. The van der Waals surface area contributed by atoms with Gasteiger partial charge in [-0.2, -0.15) is 0 Å². The number of nitrogens with one attached hydrogen (secondary N) is 3. The van der Waals surface area contributed by atoms with Gasteiger partial charge in [-0.15, -0.1) is 0 Å². The van der Waals surface area contributed by atoms with Gasteiger partial charge >= 0.3 is 6.03 Å². The predicted octanol–water partition coefficient (Wildman–Crippen LogP) is 3.26. The highest BCUT2D eigenvalue weighted by Gasteiger charge is 2.23. The van der Waals surface area contributed by atoms with E-state index in [1.54, 1.807) is 6.92 Å². The van der Waals surface area contributed by atoms with Crippen LogP contribution in [0.1, 0.15) is 29.0 Å². The molecule has 7 heteroatoms. The zero-order valence-corrected chi connectivity index (χ0v) is 12.5. The zero-order valence-electron chi connectivity index (χ0n) is 12.5. The lowest BCUT2D eigenvalue weighted by atomic mass is 10.2. The fourth-order valence-corrected chi connectivity index (χ4v) is 2.09. The van der Waals surface area contributed by atoms with Crippen molar-refractivity contribution < 1.29 is 18.4 Å². The van der Waals surface area contributed by atoms with Crippen molar-refractivity contribution in [2.75, 3.05) is 10.6 Å². The van der Waals surface area contributed by atoms with Crippen LogP contribution in [0.25, 0.3) is 0 Å². The quantitative estimate of drug-likeness (QED) is 0.809. The number of carbonyl (C=O) groups is 2. The van der Waals surface area contributed by atoms with Gasteiger partial charge in [-0.1, -0.05) is 0 Å². The molecule has 3 rings (SSSR count). The molecule has 120 valence electrons. The molecular formula is C16H16FN3O3. The third-order valence-electron chi connectivity index (χ3n) is 3.49. The van der Waals surface area contributed by atoms with Gasteiger partial charge < -0.3 is 20.4 Å². The maximum atomic E-state index is 13.9. The zero-order chi connectivity index (χ0) is 16.4. The summed E-state index contributed by atoms with van der Waals surface area (Å²) >= 11 is 0. The summed E-state index contributed by atoms with van der Waals surface area (Å²) in [6, 6.07) is 5.37. The Labute approximate surface area is 132 Å². The lowest BCUT2D eigenvalue weighted by Gasteiger charge is -2.10. The average Bonchev–Trinajstić information content (AvgIpc) is 3.20. The summed E-state index contributed by atoms with van der Waals surface area (Å²) in [4.78, 5) is 23.8. The van der Waals surface area contributed by atoms with Crippen LogP contribution in [0.4, 0.5) is 20.6 Å². The number of hydrogen-bond donors (Lipinski definition) is 3. The van der Waals surface area contributed by atoms with E-state index in [2.05, 4.69) is 16.0 Å². The first-order chi connectivity index (χ1) is 11.0. The van der Waals surface area contributed by atoms with Crippen LogP contribution in [0, 0.1) is 12.7 Å². The highest BCUT2D eigenvalue weighted by molar-refractivity contribution is 6.05. The monoisotopic (exact) mass is 317 g/mol. The van der Waals surface area contributed by atoms with Crippen LogP contribution < -0.4 is 16.0 Å². The number of halogens is 1. The van der Waals surface area contributed by atoms with E-state index in [0.29, 0.717) is 17.0 Å². The molecule has 1 fully saturated rings. The number of benzene rings is 1. The van der Waals surface area contributed by atoms with Gasteiger partial charge in [0.2, 0.25) is 0 Å². The number of furan rings is 1. The van der Waals surface area contributed by atoms with Crippen LogP contribution in [0.3, 0.4) is 0 Å². The molecule has 0 saturated heterocycles. The van der Waals surface area contributed by atoms with Crippen molar-refractivity contribution in [1.29, 1.82) is 0 Å². The van der Waals surface area contributed by atoms with Crippen molar-refractivity contribution in [3.63, 3.8) is 0 Å². The number of anilines is 2. The molecule has 0 atom stereocenters. The molecule has 3 N–H and O–H groups in total. The topological polar surface area (TPSA) is 83.4 Å². The second-order valence-electron chi connectivity index (χ2n) is 5.41. The fourth-order valence-electron chi connectivity index (χ4n) is 2.09. The Morgan fingerprint density at radius 3 is 2.65 bits per heavy atom. The molecule has 0 radical (unpaired) electrons. The fraction of sp³-hybridized carbons (Fsp3) is 0.250. The number of amides is 3. The lowest BCUT2D eigenvalue weighted by Crippen LogP contribution is -2.30. The third-order valence-corrected chi connectivity index (χ3v) is 3.49. The molecule has 0 bridgehead atoms. The molecule has 1 aromatic heterocycles. The van der Waals surface area contributed by atoms with Gasteiger partial charge in [-0.25, -0.2) is 9.18 Å². The minimum Gasteiger partial charge on any atom is -0.469 e. The van der Waals surface area contributed by atoms with Crippen LogP contribution in [-0.4, -0.2) is 18.0 Å². The van der Waals surface area contributed by atoms with Gasteiger partial charge in [-0.05, 0) is 44.0 Å². The minimum absolute atomic E-state index is 0.0141. The molecule has 23 heavy (non-hydrogen) atoms. The summed E-state index contributed by atoms with van der Waals surface area (Å²) in [5, 5.41) is 7.85. The normalized spacial score (nSPS) is 13.5. The lowest BCUT2D eigenvalue weighted by molar-refractivity contribution is 0.102. The van der Waals surface area contributed by atoms with Crippen LogP contribution in [0.15, 0.2) is 34.9 Å². The van der Waals surface area contributed by atoms with Crippen molar-refractivity contribution in [3.8, 4) is 0 Å². The molecule has 0 aliphatic heterocycles. The summed E-state index contributed by atoms with van der Waals surface area (Å²) in [7, 11) is 0. The van der Waals surface area contributed by atoms with Gasteiger partial charge in [0.1, 0.15) is 11.6 Å². The molecule has 6 nitrogen and oxygen atoms in total. The predicted molar refractivity (Wildman–Crippen MR) is 83.0 cm³/mol. The Morgan fingerprint density at radius 1 is 1.22 bits per heavy atom. The Kier molecular flexibility index (Phi) is 4.01. The first kappa shape index (κ1) is 15.1. The maximum absolute atomic E-state index is 13.9. The summed E-state index contributed by atoms with van der Waals surface area (Å²) in [6.07, 6.45) is 3.34. The van der Waals surface area contributed by atoms with E-state index < -0.39 is 11.7 Å². The van der Waals surface area contributed by atoms with Crippen molar-refractivity contribution >= 4 is 23.3 Å². The van der Waals surface area contributed by atoms with Gasteiger partial charge in [-0.3, -0.25) is 4.79 Å². The Morgan fingerprint density at radius 2 is 2.00 bits per heavy atom. The first-order valence-electron chi connectivity index (χ1n) is 7.25. The number of carbonyl (C=O) groups excluding carboxylic acids is 2. The minimum atomic E-state index is -0.590. The van der Waals surface area contributed by atoms with Crippen molar-refractivity contribution in [1.82, 2.24) is 5.32 Å². The van der Waals surface area contributed by atoms with E-state index in [4.69, 9.17) is 4.42 Å². The Bertz CT molecular complexity index is 753. The van der Waals surface area contributed by atoms with E-state index in [1.165, 1.54) is 30.5 Å². The third kappa shape index (κ3) is 3.68. The number of urea groups is 1. The first-order valence-corrected chi connectivity index (χ1v) is 7.25. The van der Waals surface area contributed by atoms with E-state index in [9.17, 15) is 14.0 Å². The molecule has 2 aromatic rings. The van der Waals surface area contributed by atoms with E-state index >= 15 is 0 Å². The van der Waals surface area contributed by atoms with E-state index in [-0.39, 0.29) is 17.8 Å². The summed E-state index contributed by atoms with van der Waals surface area (Å²) < 4.78 is 18.9. The maximum Gasteiger partial charge on any atom is 0.319 e. The van der Waals surface area contributed by atoms with Crippen molar-refractivity contribution in [2.24, 2.45) is 0 Å². The Hall–Kier alpha value is -2.83. The number of rotatable bonds is 4. The van der Waals surface area contributed by atoms with Crippen LogP contribution in [0.2, 0.25) is 0 Å². The molecule has 0 unspecified atom stereocenters. The van der Waals surface area contributed by atoms with Crippen LogP contribution in [-0.2, 0) is 0 Å². The van der Waals surface area contributed by atoms with Crippen molar-refractivity contribution in [3.05, 3.63) is 47.7 Å². The molecule has 1 aliphatic carbocycles.